The van der Waals surface area contributed by atoms with Crippen LogP contribution in [-0.4, -0.2) is 0 Å². The van der Waals surface area contributed by atoms with Gasteiger partial charge in [-0.05, 0) is 41.8 Å². The number of nitrogens with two attached hydrogens (primary N) is 1. The first-order chi connectivity index (χ1) is 8.69. The van der Waals surface area contributed by atoms with E-state index in [9.17, 15) is 0 Å². The predicted octanol–water partition coefficient (Wildman–Crippen LogP) is 3.74. The van der Waals surface area contributed by atoms with E-state index in [2.05, 4.69) is 5.43 Å². The normalized spacial score (nSPS) is 12.4. The summed E-state index contributed by atoms with van der Waals surface area (Å²) in [5.41, 5.74) is 5.00. The van der Waals surface area contributed by atoms with Gasteiger partial charge in [0.25, 0.3) is 0 Å². The molecule has 0 spiro atoms. The lowest BCUT2D eigenvalue weighted by Gasteiger charge is -2.16. The van der Waals surface area contributed by atoms with Gasteiger partial charge in [0.1, 0.15) is 0 Å². The minimum atomic E-state index is 0.0159. The van der Waals surface area contributed by atoms with Crippen molar-refractivity contribution in [2.24, 2.45) is 5.84 Å². The maximum Gasteiger partial charge on any atom is 0.0500 e. The van der Waals surface area contributed by atoms with E-state index in [1.807, 2.05) is 48.5 Å². The molecule has 2 aromatic carbocycles. The third kappa shape index (κ3) is 3.47. The average Bonchev–Trinajstić information content (AvgIpc) is 2.36. The van der Waals surface area contributed by atoms with Crippen LogP contribution in [0.5, 0.6) is 0 Å². The van der Waals surface area contributed by atoms with Crippen LogP contribution in [0.4, 0.5) is 0 Å². The maximum atomic E-state index is 5.98. The highest BCUT2D eigenvalue weighted by molar-refractivity contribution is 6.30. The van der Waals surface area contributed by atoms with Gasteiger partial charge in [-0.1, -0.05) is 47.5 Å². The Morgan fingerprint density at radius 3 is 2.28 bits per heavy atom. The largest absolute Gasteiger partial charge is 0.271 e. The van der Waals surface area contributed by atoms with Gasteiger partial charge in [0, 0.05) is 10.0 Å². The molecule has 1 unspecified atom stereocenters. The average molecular weight is 281 g/mol. The lowest BCUT2D eigenvalue weighted by Crippen LogP contribution is -2.29. The highest BCUT2D eigenvalue weighted by Crippen LogP contribution is 2.22. The molecule has 0 amide bonds. The molecule has 4 heteroatoms. The Balaban J connectivity index is 2.19. The second-order valence-corrected chi connectivity index (χ2v) is 4.98. The monoisotopic (exact) mass is 280 g/mol. The van der Waals surface area contributed by atoms with E-state index in [0.29, 0.717) is 5.02 Å². The molecule has 0 saturated carbocycles. The van der Waals surface area contributed by atoms with Crippen molar-refractivity contribution in [2.45, 2.75) is 12.5 Å². The van der Waals surface area contributed by atoms with E-state index in [-0.39, 0.29) is 6.04 Å². The Morgan fingerprint density at radius 2 is 1.67 bits per heavy atom. The van der Waals surface area contributed by atoms with Crippen molar-refractivity contribution in [1.82, 2.24) is 5.43 Å². The third-order valence-corrected chi connectivity index (χ3v) is 3.25. The molecule has 0 heterocycles. The number of nitrogens with one attached hydrogen (secondary N) is 1. The van der Waals surface area contributed by atoms with Crippen molar-refractivity contribution in [3.63, 3.8) is 0 Å². The molecule has 0 radical (unpaired) electrons. The first kappa shape index (κ1) is 13.4. The van der Waals surface area contributed by atoms with Gasteiger partial charge in [0.2, 0.25) is 0 Å². The zero-order chi connectivity index (χ0) is 13.0. The van der Waals surface area contributed by atoms with Crippen LogP contribution in [-0.2, 0) is 6.42 Å². The Kier molecular flexibility index (Phi) is 4.61. The molecule has 0 aliphatic rings. The lowest BCUT2D eigenvalue weighted by molar-refractivity contribution is 0.552. The van der Waals surface area contributed by atoms with Gasteiger partial charge in [-0.25, -0.2) is 0 Å². The number of hydrogen-bond donors (Lipinski definition) is 2. The van der Waals surface area contributed by atoms with Crippen LogP contribution < -0.4 is 11.3 Å². The summed E-state index contributed by atoms with van der Waals surface area (Å²) in [5.74, 6) is 5.61. The van der Waals surface area contributed by atoms with E-state index < -0.39 is 0 Å². The van der Waals surface area contributed by atoms with E-state index in [0.717, 1.165) is 22.6 Å². The first-order valence-corrected chi connectivity index (χ1v) is 6.40. The van der Waals surface area contributed by atoms with Crippen LogP contribution in [0.2, 0.25) is 10.0 Å². The minimum Gasteiger partial charge on any atom is -0.271 e. The number of hydrazine groups is 1. The molecule has 94 valence electrons. The summed E-state index contributed by atoms with van der Waals surface area (Å²) in [5, 5.41) is 1.44. The molecule has 0 aromatic heterocycles. The van der Waals surface area contributed by atoms with Gasteiger partial charge in [-0.3, -0.25) is 11.3 Å². The van der Waals surface area contributed by atoms with Crippen molar-refractivity contribution in [3.8, 4) is 0 Å². The zero-order valence-electron chi connectivity index (χ0n) is 9.74. The molecule has 0 fully saturated rings. The molecule has 2 rings (SSSR count). The van der Waals surface area contributed by atoms with Crippen molar-refractivity contribution in [1.29, 1.82) is 0 Å². The Labute approximate surface area is 117 Å². The SMILES string of the molecule is NNC(Cc1cccc(Cl)c1)c1cccc(Cl)c1. The zero-order valence-corrected chi connectivity index (χ0v) is 11.2. The van der Waals surface area contributed by atoms with Crippen LogP contribution in [0, 0.1) is 0 Å². The fraction of sp³-hybridized carbons (Fsp3) is 0.143. The maximum absolute atomic E-state index is 5.98. The highest BCUT2D eigenvalue weighted by atomic mass is 35.5. The number of halogens is 2. The van der Waals surface area contributed by atoms with Crippen molar-refractivity contribution >= 4 is 23.2 Å². The van der Waals surface area contributed by atoms with Crippen LogP contribution in [0.25, 0.3) is 0 Å². The van der Waals surface area contributed by atoms with E-state index >= 15 is 0 Å². The smallest absolute Gasteiger partial charge is 0.0500 e. The van der Waals surface area contributed by atoms with Crippen LogP contribution in [0.15, 0.2) is 48.5 Å². The van der Waals surface area contributed by atoms with Gasteiger partial charge in [0.05, 0.1) is 6.04 Å². The molecule has 0 aliphatic carbocycles. The van der Waals surface area contributed by atoms with Crippen molar-refractivity contribution in [2.75, 3.05) is 0 Å². The van der Waals surface area contributed by atoms with Crippen LogP contribution >= 0.6 is 23.2 Å². The molecule has 18 heavy (non-hydrogen) atoms. The molecule has 2 aromatic rings. The molecule has 3 N–H and O–H groups in total. The Hall–Kier alpha value is -1.06. The molecule has 0 bridgehead atoms. The Bertz CT molecular complexity index is 529. The summed E-state index contributed by atoms with van der Waals surface area (Å²) in [6, 6.07) is 15.5. The summed E-state index contributed by atoms with van der Waals surface area (Å²) in [6.07, 6.45) is 0.761. The second-order valence-electron chi connectivity index (χ2n) is 4.11. The van der Waals surface area contributed by atoms with Crippen LogP contribution in [0.1, 0.15) is 17.2 Å². The second kappa shape index (κ2) is 6.21. The topological polar surface area (TPSA) is 38.0 Å². The van der Waals surface area contributed by atoms with Gasteiger partial charge in [0.15, 0.2) is 0 Å². The fourth-order valence-electron chi connectivity index (χ4n) is 1.90. The molecule has 0 saturated heterocycles. The fourth-order valence-corrected chi connectivity index (χ4v) is 2.31. The van der Waals surface area contributed by atoms with Crippen molar-refractivity contribution in [3.05, 3.63) is 69.7 Å². The summed E-state index contributed by atoms with van der Waals surface area (Å²) in [4.78, 5) is 0. The molecular weight excluding hydrogens is 267 g/mol. The molecular formula is C14H14Cl2N2. The van der Waals surface area contributed by atoms with Gasteiger partial charge >= 0.3 is 0 Å². The highest BCUT2D eigenvalue weighted by Gasteiger charge is 2.11. The number of benzene rings is 2. The Morgan fingerprint density at radius 1 is 1.00 bits per heavy atom. The van der Waals surface area contributed by atoms with Gasteiger partial charge in [-0.2, -0.15) is 0 Å². The third-order valence-electron chi connectivity index (χ3n) is 2.78. The van der Waals surface area contributed by atoms with E-state index in [4.69, 9.17) is 29.0 Å². The summed E-state index contributed by atoms with van der Waals surface area (Å²) >= 11 is 12.0. The summed E-state index contributed by atoms with van der Waals surface area (Å²) < 4.78 is 0. The molecule has 2 nitrogen and oxygen atoms in total. The van der Waals surface area contributed by atoms with E-state index in [1.165, 1.54) is 0 Å². The predicted molar refractivity (Wildman–Crippen MR) is 76.7 cm³/mol. The van der Waals surface area contributed by atoms with Crippen LogP contribution in [0.3, 0.4) is 0 Å². The number of rotatable bonds is 4. The molecule has 0 aliphatic heterocycles. The number of hydrogen-bond acceptors (Lipinski definition) is 2. The lowest BCUT2D eigenvalue weighted by atomic mass is 9.99. The van der Waals surface area contributed by atoms with Gasteiger partial charge in [-0.15, -0.1) is 0 Å². The minimum absolute atomic E-state index is 0.0159. The summed E-state index contributed by atoms with van der Waals surface area (Å²) in [7, 11) is 0. The van der Waals surface area contributed by atoms with Gasteiger partial charge < -0.3 is 0 Å². The molecule has 1 atom stereocenters. The van der Waals surface area contributed by atoms with E-state index in [1.54, 1.807) is 0 Å². The van der Waals surface area contributed by atoms with Crippen molar-refractivity contribution < 1.29 is 0 Å². The first-order valence-electron chi connectivity index (χ1n) is 5.65. The standard InChI is InChI=1S/C14H14Cl2N2/c15-12-5-1-3-10(7-12)8-14(18-17)11-4-2-6-13(16)9-11/h1-7,9,14,18H,8,17H2. The quantitative estimate of drug-likeness (QED) is 0.661. The summed E-state index contributed by atoms with van der Waals surface area (Å²) in [6.45, 7) is 0.